The molecule has 7 heteroatoms. The van der Waals surface area contributed by atoms with E-state index in [1.54, 1.807) is 12.1 Å². The second kappa shape index (κ2) is 6.83. The van der Waals surface area contributed by atoms with E-state index < -0.39 is 16.4 Å². The number of anilines is 1. The number of hydrogen-bond acceptors (Lipinski definition) is 3. The molecule has 0 saturated carbocycles. The van der Waals surface area contributed by atoms with Crippen LogP contribution in [0.3, 0.4) is 0 Å². The fourth-order valence-electron chi connectivity index (χ4n) is 1.14. The first-order valence-electron chi connectivity index (χ1n) is 4.64. The summed E-state index contributed by atoms with van der Waals surface area (Å²) in [4.78, 5) is 11.5. The lowest BCUT2D eigenvalue weighted by Crippen LogP contribution is -2.27. The predicted molar refractivity (Wildman–Crippen MR) is 72.6 cm³/mol. The Morgan fingerprint density at radius 3 is 2.44 bits per heavy atom. The van der Waals surface area contributed by atoms with Gasteiger partial charge in [0.25, 0.3) is 0 Å². The summed E-state index contributed by atoms with van der Waals surface area (Å²) in [7, 11) is -2.59. The molecule has 5 nitrogen and oxygen atoms in total. The quantitative estimate of drug-likeness (QED) is 0.507. The van der Waals surface area contributed by atoms with Crippen molar-refractivity contribution < 1.29 is 18.3 Å². The molecule has 1 amide bonds. The minimum Gasteiger partial charge on any atom is -0.464 e. The Morgan fingerprint density at radius 2 is 2.00 bits per heavy atom. The number of amides is 1. The Balaban J connectivity index is 3.09. The molecular weight excluding hydrogens is 322 g/mol. The highest BCUT2D eigenvalue weighted by Crippen LogP contribution is 2.13. The average molecular weight is 330 g/mol. The Kier molecular flexibility index (Phi) is 5.42. The standard InChI is InChI=1S/C11H8BrNO4S/c12-7-1-2-9-3-5-10(6-4-9)13(11(14)15)8-18(16)17/h3-6,8H,7H2,(H,14,15). The minimum atomic E-state index is -2.59. The molecule has 0 spiro atoms. The fraction of sp³-hybridized carbons (Fsp3) is 0.0909. The molecule has 0 saturated heterocycles. The number of halogens is 1. The number of benzene rings is 1. The maximum Gasteiger partial charge on any atom is 0.416 e. The number of carboxylic acid groups (broad SMARTS) is 1. The molecule has 0 aromatic heterocycles. The lowest BCUT2D eigenvalue weighted by Gasteiger charge is -2.11. The van der Waals surface area contributed by atoms with E-state index in [9.17, 15) is 13.2 Å². The van der Waals surface area contributed by atoms with E-state index in [1.165, 1.54) is 12.1 Å². The van der Waals surface area contributed by atoms with Gasteiger partial charge >= 0.3 is 6.09 Å². The van der Waals surface area contributed by atoms with Crippen LogP contribution in [0.1, 0.15) is 5.56 Å². The van der Waals surface area contributed by atoms with Crippen molar-refractivity contribution in [3.05, 3.63) is 29.8 Å². The highest BCUT2D eigenvalue weighted by atomic mass is 79.9. The summed E-state index contributed by atoms with van der Waals surface area (Å²) < 4.78 is 21.0. The molecule has 1 aromatic carbocycles. The second-order valence-corrected chi connectivity index (χ2v) is 4.29. The van der Waals surface area contributed by atoms with Gasteiger partial charge in [0.1, 0.15) is 5.49 Å². The van der Waals surface area contributed by atoms with Gasteiger partial charge in [0.2, 0.25) is 10.3 Å². The molecule has 0 aliphatic heterocycles. The summed E-state index contributed by atoms with van der Waals surface area (Å²) in [6.07, 6.45) is -1.38. The van der Waals surface area contributed by atoms with E-state index in [1.807, 2.05) is 0 Å². The summed E-state index contributed by atoms with van der Waals surface area (Å²) in [6.45, 7) is 0. The Labute approximate surface area is 114 Å². The van der Waals surface area contributed by atoms with Crippen LogP contribution >= 0.6 is 15.9 Å². The summed E-state index contributed by atoms with van der Waals surface area (Å²) in [5.74, 6) is 5.63. The van der Waals surface area contributed by atoms with Crippen molar-refractivity contribution in [2.24, 2.45) is 0 Å². The van der Waals surface area contributed by atoms with Crippen LogP contribution in [0.15, 0.2) is 24.3 Å². The largest absolute Gasteiger partial charge is 0.464 e. The zero-order valence-electron chi connectivity index (χ0n) is 9.00. The van der Waals surface area contributed by atoms with Gasteiger partial charge in [-0.25, -0.2) is 9.69 Å². The van der Waals surface area contributed by atoms with E-state index in [-0.39, 0.29) is 5.69 Å². The van der Waals surface area contributed by atoms with Crippen LogP contribution in [0.2, 0.25) is 0 Å². The van der Waals surface area contributed by atoms with Gasteiger partial charge in [0.05, 0.1) is 11.0 Å². The summed E-state index contributed by atoms with van der Waals surface area (Å²) in [5.41, 5.74) is 1.53. The van der Waals surface area contributed by atoms with Crippen molar-refractivity contribution in [2.45, 2.75) is 0 Å². The van der Waals surface area contributed by atoms with Gasteiger partial charge in [-0.2, -0.15) is 8.42 Å². The zero-order valence-corrected chi connectivity index (χ0v) is 11.4. The van der Waals surface area contributed by atoms with E-state index in [2.05, 4.69) is 27.8 Å². The van der Waals surface area contributed by atoms with Crippen molar-refractivity contribution >= 4 is 43.5 Å². The van der Waals surface area contributed by atoms with Crippen molar-refractivity contribution in [1.29, 1.82) is 0 Å². The number of carbonyl (C=O) groups is 1. The molecule has 1 aromatic rings. The molecule has 0 aliphatic carbocycles. The topological polar surface area (TPSA) is 74.7 Å². The maximum atomic E-state index is 10.9. The number of alkyl halides is 1. The van der Waals surface area contributed by atoms with Crippen molar-refractivity contribution in [3.8, 4) is 11.8 Å². The predicted octanol–water partition coefficient (Wildman–Crippen LogP) is 1.56. The minimum absolute atomic E-state index is 0.232. The Morgan fingerprint density at radius 1 is 1.39 bits per heavy atom. The van der Waals surface area contributed by atoms with E-state index in [0.29, 0.717) is 21.3 Å². The summed E-state index contributed by atoms with van der Waals surface area (Å²) >= 11 is 3.16. The molecule has 0 heterocycles. The van der Waals surface area contributed by atoms with E-state index in [0.717, 1.165) is 0 Å². The Bertz CT molecular complexity index is 617. The van der Waals surface area contributed by atoms with Crippen LogP contribution in [0.4, 0.5) is 10.5 Å². The van der Waals surface area contributed by atoms with E-state index >= 15 is 0 Å². The van der Waals surface area contributed by atoms with Gasteiger partial charge in [-0.3, -0.25) is 0 Å². The van der Waals surface area contributed by atoms with Gasteiger partial charge in [-0.1, -0.05) is 27.8 Å². The number of rotatable bonds is 2. The van der Waals surface area contributed by atoms with Gasteiger partial charge in [0, 0.05) is 5.56 Å². The molecule has 0 fully saturated rings. The normalized spacial score (nSPS) is 8.94. The van der Waals surface area contributed by atoms with Crippen molar-refractivity contribution in [1.82, 2.24) is 0 Å². The van der Waals surface area contributed by atoms with Crippen LogP contribution in [0, 0.1) is 11.8 Å². The fourth-order valence-corrected chi connectivity index (χ4v) is 1.67. The Hall–Kier alpha value is -1.78. The highest BCUT2D eigenvalue weighted by molar-refractivity contribution is 9.09. The number of hydrogen-bond donors (Lipinski definition) is 1. The molecule has 0 atom stereocenters. The molecule has 18 heavy (non-hydrogen) atoms. The van der Waals surface area contributed by atoms with Crippen LogP contribution in [0.5, 0.6) is 0 Å². The van der Waals surface area contributed by atoms with Gasteiger partial charge in [0.15, 0.2) is 0 Å². The molecule has 0 unspecified atom stereocenters. The van der Waals surface area contributed by atoms with Crippen LogP contribution in [-0.4, -0.2) is 30.4 Å². The zero-order chi connectivity index (χ0) is 13.5. The SMILES string of the molecule is O=C(O)N(C=S(=O)=O)c1ccc(C#CCBr)cc1. The first-order valence-corrected chi connectivity index (χ1v) is 6.90. The third-order valence-electron chi connectivity index (χ3n) is 1.84. The van der Waals surface area contributed by atoms with Crippen LogP contribution in [-0.2, 0) is 10.3 Å². The van der Waals surface area contributed by atoms with Gasteiger partial charge in [-0.05, 0) is 24.3 Å². The molecule has 1 N–H and O–H groups in total. The second-order valence-electron chi connectivity index (χ2n) is 3.00. The lowest BCUT2D eigenvalue weighted by molar-refractivity contribution is 0.206. The van der Waals surface area contributed by atoms with Gasteiger partial charge < -0.3 is 5.11 Å². The molecule has 0 aliphatic rings. The molecule has 1 rings (SSSR count). The third-order valence-corrected chi connectivity index (χ3v) is 2.51. The van der Waals surface area contributed by atoms with Gasteiger partial charge in [-0.15, -0.1) is 0 Å². The molecule has 94 valence electrons. The average Bonchev–Trinajstić information content (AvgIpc) is 2.34. The number of nitrogens with zero attached hydrogens (tertiary/aromatic N) is 1. The van der Waals surface area contributed by atoms with Crippen LogP contribution in [0.25, 0.3) is 0 Å². The molecular formula is C11H8BrNO4S. The third kappa shape index (κ3) is 4.24. The van der Waals surface area contributed by atoms with Crippen LogP contribution < -0.4 is 4.90 Å². The highest BCUT2D eigenvalue weighted by Gasteiger charge is 2.11. The maximum absolute atomic E-state index is 10.9. The summed E-state index contributed by atoms with van der Waals surface area (Å²) in [5, 5.41) is 9.41. The lowest BCUT2D eigenvalue weighted by atomic mass is 10.2. The molecule has 0 bridgehead atoms. The monoisotopic (exact) mass is 329 g/mol. The molecule has 0 radical (unpaired) electrons. The van der Waals surface area contributed by atoms with Crippen molar-refractivity contribution in [3.63, 3.8) is 0 Å². The first-order chi connectivity index (χ1) is 8.54. The first kappa shape index (κ1) is 14.3. The smallest absolute Gasteiger partial charge is 0.416 e. The van der Waals surface area contributed by atoms with E-state index in [4.69, 9.17) is 5.11 Å². The van der Waals surface area contributed by atoms with Crippen molar-refractivity contribution in [2.75, 3.05) is 10.2 Å². The summed E-state index contributed by atoms with van der Waals surface area (Å²) in [6, 6.07) is 6.19.